The minimum atomic E-state index is 0.816. The third-order valence-corrected chi connectivity index (χ3v) is 4.69. The molecule has 2 heteroatoms. The predicted octanol–water partition coefficient (Wildman–Crippen LogP) is 4.78. The molecule has 1 aromatic heterocycles. The van der Waals surface area contributed by atoms with Gasteiger partial charge in [-0.2, -0.15) is 0 Å². The standard InChI is InChI=1S/C18H24N2/c1-13-7-3-4-8-15(13)12-19-18-11-14(2)20-17-10-6-5-9-16(17)18/h5-6,9-11,13,15H,3-4,7-8,12H2,1-2H3,(H,19,20). The van der Waals surface area contributed by atoms with E-state index in [0.717, 1.165) is 29.6 Å². The number of benzene rings is 1. The summed E-state index contributed by atoms with van der Waals surface area (Å²) in [7, 11) is 0. The molecule has 1 aliphatic rings. The Hall–Kier alpha value is -1.57. The van der Waals surface area contributed by atoms with Crippen LogP contribution >= 0.6 is 0 Å². The van der Waals surface area contributed by atoms with Crippen molar-refractivity contribution in [1.82, 2.24) is 4.98 Å². The fourth-order valence-corrected chi connectivity index (χ4v) is 3.39. The number of hydrogen-bond acceptors (Lipinski definition) is 2. The molecule has 0 bridgehead atoms. The number of fused-ring (bicyclic) bond motifs is 1. The van der Waals surface area contributed by atoms with Gasteiger partial charge in [0.1, 0.15) is 0 Å². The molecule has 3 rings (SSSR count). The van der Waals surface area contributed by atoms with Crippen molar-refractivity contribution in [3.05, 3.63) is 36.0 Å². The molecular weight excluding hydrogens is 244 g/mol. The van der Waals surface area contributed by atoms with Gasteiger partial charge in [0.25, 0.3) is 0 Å². The molecule has 0 spiro atoms. The van der Waals surface area contributed by atoms with Crippen LogP contribution in [0.25, 0.3) is 10.9 Å². The highest BCUT2D eigenvalue weighted by molar-refractivity contribution is 5.91. The second-order valence-electron chi connectivity index (χ2n) is 6.23. The summed E-state index contributed by atoms with van der Waals surface area (Å²) in [4.78, 5) is 4.61. The fraction of sp³-hybridized carbons (Fsp3) is 0.500. The predicted molar refractivity (Wildman–Crippen MR) is 86.1 cm³/mol. The Bertz CT molecular complexity index is 591. The van der Waals surface area contributed by atoms with E-state index in [2.05, 4.69) is 54.5 Å². The molecule has 2 nitrogen and oxygen atoms in total. The lowest BCUT2D eigenvalue weighted by atomic mass is 9.80. The van der Waals surface area contributed by atoms with Crippen LogP contribution in [0.3, 0.4) is 0 Å². The van der Waals surface area contributed by atoms with E-state index in [-0.39, 0.29) is 0 Å². The Morgan fingerprint density at radius 3 is 2.85 bits per heavy atom. The maximum Gasteiger partial charge on any atom is 0.0725 e. The highest BCUT2D eigenvalue weighted by atomic mass is 14.9. The smallest absolute Gasteiger partial charge is 0.0725 e. The number of pyridine rings is 1. The van der Waals surface area contributed by atoms with Gasteiger partial charge in [-0.1, -0.05) is 44.4 Å². The number of hydrogen-bond donors (Lipinski definition) is 1. The maximum absolute atomic E-state index is 4.61. The normalized spacial score (nSPS) is 22.9. The van der Waals surface area contributed by atoms with E-state index in [1.807, 2.05) is 0 Å². The molecule has 2 unspecified atom stereocenters. The van der Waals surface area contributed by atoms with Crippen LogP contribution < -0.4 is 5.32 Å². The minimum absolute atomic E-state index is 0.816. The molecule has 1 N–H and O–H groups in total. The lowest BCUT2D eigenvalue weighted by Gasteiger charge is -2.29. The van der Waals surface area contributed by atoms with E-state index in [4.69, 9.17) is 0 Å². The van der Waals surface area contributed by atoms with E-state index in [1.165, 1.54) is 36.8 Å². The SMILES string of the molecule is Cc1cc(NCC2CCCCC2C)c2ccccc2n1. The van der Waals surface area contributed by atoms with Crippen LogP contribution in [0.2, 0.25) is 0 Å². The van der Waals surface area contributed by atoms with Gasteiger partial charge in [-0.25, -0.2) is 0 Å². The van der Waals surface area contributed by atoms with Crippen LogP contribution in [0.5, 0.6) is 0 Å². The lowest BCUT2D eigenvalue weighted by Crippen LogP contribution is -2.24. The molecular formula is C18H24N2. The second-order valence-corrected chi connectivity index (χ2v) is 6.23. The van der Waals surface area contributed by atoms with E-state index in [1.54, 1.807) is 0 Å². The summed E-state index contributed by atoms with van der Waals surface area (Å²) in [6.45, 7) is 5.57. The quantitative estimate of drug-likeness (QED) is 0.866. The van der Waals surface area contributed by atoms with Crippen molar-refractivity contribution >= 4 is 16.6 Å². The molecule has 1 heterocycles. The molecule has 0 amide bonds. The Morgan fingerprint density at radius 2 is 2.00 bits per heavy atom. The summed E-state index contributed by atoms with van der Waals surface area (Å²) < 4.78 is 0. The van der Waals surface area contributed by atoms with Crippen LogP contribution in [0.4, 0.5) is 5.69 Å². The monoisotopic (exact) mass is 268 g/mol. The van der Waals surface area contributed by atoms with Gasteiger partial charge in [0.2, 0.25) is 0 Å². The van der Waals surface area contributed by atoms with Crippen LogP contribution in [-0.2, 0) is 0 Å². The maximum atomic E-state index is 4.61. The molecule has 2 aromatic rings. The minimum Gasteiger partial charge on any atom is -0.384 e. The van der Waals surface area contributed by atoms with Gasteiger partial charge >= 0.3 is 0 Å². The molecule has 2 atom stereocenters. The second kappa shape index (κ2) is 5.82. The van der Waals surface area contributed by atoms with Gasteiger partial charge in [-0.05, 0) is 37.3 Å². The number of aromatic nitrogens is 1. The average molecular weight is 268 g/mol. The van der Waals surface area contributed by atoms with E-state index < -0.39 is 0 Å². The fourth-order valence-electron chi connectivity index (χ4n) is 3.39. The van der Waals surface area contributed by atoms with Crippen molar-refractivity contribution in [2.24, 2.45) is 11.8 Å². The highest BCUT2D eigenvalue weighted by Gasteiger charge is 2.21. The molecule has 1 aromatic carbocycles. The van der Waals surface area contributed by atoms with Gasteiger partial charge in [-0.3, -0.25) is 4.98 Å². The first-order chi connectivity index (χ1) is 9.74. The van der Waals surface area contributed by atoms with Crippen LogP contribution in [0, 0.1) is 18.8 Å². The Kier molecular flexibility index (Phi) is 3.90. The molecule has 1 saturated carbocycles. The number of rotatable bonds is 3. The number of nitrogens with one attached hydrogen (secondary N) is 1. The molecule has 20 heavy (non-hydrogen) atoms. The summed E-state index contributed by atoms with van der Waals surface area (Å²) in [6, 6.07) is 10.6. The largest absolute Gasteiger partial charge is 0.384 e. The van der Waals surface area contributed by atoms with Crippen molar-refractivity contribution in [2.75, 3.05) is 11.9 Å². The first kappa shape index (κ1) is 13.4. The van der Waals surface area contributed by atoms with E-state index in [9.17, 15) is 0 Å². The lowest BCUT2D eigenvalue weighted by molar-refractivity contribution is 0.268. The number of nitrogens with zero attached hydrogens (tertiary/aromatic N) is 1. The zero-order valence-electron chi connectivity index (χ0n) is 12.5. The molecule has 0 radical (unpaired) electrons. The Balaban J connectivity index is 1.80. The summed E-state index contributed by atoms with van der Waals surface area (Å²) in [5.41, 5.74) is 3.42. The highest BCUT2D eigenvalue weighted by Crippen LogP contribution is 2.30. The number of para-hydroxylation sites is 1. The number of aryl methyl sites for hydroxylation is 1. The van der Waals surface area contributed by atoms with Gasteiger partial charge in [0.05, 0.1) is 5.52 Å². The van der Waals surface area contributed by atoms with Gasteiger partial charge in [0, 0.05) is 23.3 Å². The summed E-state index contributed by atoms with van der Waals surface area (Å²) in [5.74, 6) is 1.67. The van der Waals surface area contributed by atoms with Crippen molar-refractivity contribution in [3.63, 3.8) is 0 Å². The third-order valence-electron chi connectivity index (χ3n) is 4.69. The van der Waals surface area contributed by atoms with Crippen LogP contribution in [-0.4, -0.2) is 11.5 Å². The van der Waals surface area contributed by atoms with Crippen molar-refractivity contribution < 1.29 is 0 Å². The average Bonchev–Trinajstić information content (AvgIpc) is 2.46. The van der Waals surface area contributed by atoms with Gasteiger partial charge < -0.3 is 5.32 Å². The van der Waals surface area contributed by atoms with Crippen molar-refractivity contribution in [1.29, 1.82) is 0 Å². The summed E-state index contributed by atoms with van der Waals surface area (Å²) in [5, 5.41) is 4.93. The molecule has 1 fully saturated rings. The van der Waals surface area contributed by atoms with Crippen molar-refractivity contribution in [3.8, 4) is 0 Å². The first-order valence-electron chi connectivity index (χ1n) is 7.84. The molecule has 106 valence electrons. The van der Waals surface area contributed by atoms with E-state index >= 15 is 0 Å². The zero-order chi connectivity index (χ0) is 13.9. The molecule has 1 aliphatic carbocycles. The van der Waals surface area contributed by atoms with Gasteiger partial charge in [0.15, 0.2) is 0 Å². The zero-order valence-corrected chi connectivity index (χ0v) is 12.5. The first-order valence-corrected chi connectivity index (χ1v) is 7.84. The van der Waals surface area contributed by atoms with Crippen LogP contribution in [0.15, 0.2) is 30.3 Å². The van der Waals surface area contributed by atoms with Crippen LogP contribution in [0.1, 0.15) is 38.3 Å². The Labute approximate surface area is 121 Å². The van der Waals surface area contributed by atoms with E-state index in [0.29, 0.717) is 0 Å². The van der Waals surface area contributed by atoms with Crippen molar-refractivity contribution in [2.45, 2.75) is 39.5 Å². The van der Waals surface area contributed by atoms with Gasteiger partial charge in [-0.15, -0.1) is 0 Å². The topological polar surface area (TPSA) is 24.9 Å². The molecule has 0 aliphatic heterocycles. The number of anilines is 1. The third kappa shape index (κ3) is 2.79. The summed E-state index contributed by atoms with van der Waals surface area (Å²) in [6.07, 6.45) is 5.57. The summed E-state index contributed by atoms with van der Waals surface area (Å²) >= 11 is 0. The Morgan fingerprint density at radius 1 is 1.20 bits per heavy atom. The molecule has 0 saturated heterocycles.